The van der Waals surface area contributed by atoms with Gasteiger partial charge in [0.2, 0.25) is 0 Å². The molecule has 1 amide bonds. The van der Waals surface area contributed by atoms with Gasteiger partial charge in [-0.3, -0.25) is 14.9 Å². The Morgan fingerprint density at radius 3 is 2.52 bits per heavy atom. The first-order chi connectivity index (χ1) is 9.91. The van der Waals surface area contributed by atoms with E-state index in [0.29, 0.717) is 5.69 Å². The molecule has 2 rings (SSSR count). The van der Waals surface area contributed by atoms with Gasteiger partial charge in [-0.15, -0.1) is 0 Å². The standard InChI is InChI=1S/C15H13ClN2O3/c1-9-5-3-7-12(10(9)2)17-15(19)11-6-4-8-13(14(11)16)18(20)21/h3-8H,1-2H3,(H,17,19). The zero-order valence-corrected chi connectivity index (χ0v) is 12.3. The third kappa shape index (κ3) is 3.03. The Morgan fingerprint density at radius 1 is 1.19 bits per heavy atom. The summed E-state index contributed by atoms with van der Waals surface area (Å²) in [4.78, 5) is 22.5. The number of halogens is 1. The third-order valence-electron chi connectivity index (χ3n) is 3.27. The Hall–Kier alpha value is -2.40. The van der Waals surface area contributed by atoms with Crippen molar-refractivity contribution < 1.29 is 9.72 Å². The number of nitro benzene ring substituents is 1. The number of hydrogen-bond acceptors (Lipinski definition) is 3. The maximum atomic E-state index is 12.3. The van der Waals surface area contributed by atoms with Crippen LogP contribution in [-0.2, 0) is 0 Å². The first kappa shape index (κ1) is 15.0. The van der Waals surface area contributed by atoms with Crippen molar-refractivity contribution in [1.82, 2.24) is 0 Å². The topological polar surface area (TPSA) is 72.2 Å². The van der Waals surface area contributed by atoms with E-state index in [4.69, 9.17) is 11.6 Å². The number of amides is 1. The van der Waals surface area contributed by atoms with Crippen LogP contribution in [0.25, 0.3) is 0 Å². The highest BCUT2D eigenvalue weighted by Crippen LogP contribution is 2.28. The summed E-state index contributed by atoms with van der Waals surface area (Å²) >= 11 is 5.93. The van der Waals surface area contributed by atoms with Crippen molar-refractivity contribution >= 4 is 28.9 Å². The second-order valence-electron chi connectivity index (χ2n) is 4.60. The SMILES string of the molecule is Cc1cccc(NC(=O)c2cccc([N+](=O)[O-])c2Cl)c1C. The molecule has 0 saturated heterocycles. The summed E-state index contributed by atoms with van der Waals surface area (Å²) in [5.41, 5.74) is 2.42. The second-order valence-corrected chi connectivity index (χ2v) is 4.98. The summed E-state index contributed by atoms with van der Waals surface area (Å²) in [6.07, 6.45) is 0. The lowest BCUT2D eigenvalue weighted by molar-refractivity contribution is -0.384. The maximum Gasteiger partial charge on any atom is 0.288 e. The van der Waals surface area contributed by atoms with Crippen molar-refractivity contribution in [2.75, 3.05) is 5.32 Å². The Morgan fingerprint density at radius 2 is 1.86 bits per heavy atom. The molecule has 108 valence electrons. The molecule has 2 aromatic rings. The Balaban J connectivity index is 2.35. The van der Waals surface area contributed by atoms with Crippen molar-refractivity contribution in [2.24, 2.45) is 0 Å². The molecule has 5 nitrogen and oxygen atoms in total. The summed E-state index contributed by atoms with van der Waals surface area (Å²) in [6.45, 7) is 3.82. The lowest BCUT2D eigenvalue weighted by atomic mass is 10.1. The number of nitro groups is 1. The number of benzene rings is 2. The van der Waals surface area contributed by atoms with Crippen LogP contribution in [0.15, 0.2) is 36.4 Å². The lowest BCUT2D eigenvalue weighted by Crippen LogP contribution is -2.14. The molecular formula is C15H13ClN2O3. The van der Waals surface area contributed by atoms with Crippen LogP contribution in [-0.4, -0.2) is 10.8 Å². The third-order valence-corrected chi connectivity index (χ3v) is 3.67. The van der Waals surface area contributed by atoms with Gasteiger partial charge < -0.3 is 5.32 Å². The highest BCUT2D eigenvalue weighted by Gasteiger charge is 2.20. The minimum absolute atomic E-state index is 0.0757. The van der Waals surface area contributed by atoms with Gasteiger partial charge in [0.15, 0.2) is 0 Å². The molecule has 0 saturated carbocycles. The van der Waals surface area contributed by atoms with E-state index in [1.54, 1.807) is 6.07 Å². The molecule has 0 aliphatic carbocycles. The Kier molecular flexibility index (Phi) is 4.23. The molecule has 21 heavy (non-hydrogen) atoms. The quantitative estimate of drug-likeness (QED) is 0.685. The van der Waals surface area contributed by atoms with Crippen molar-refractivity contribution in [2.45, 2.75) is 13.8 Å². The van der Waals surface area contributed by atoms with Gasteiger partial charge in [-0.05, 0) is 37.1 Å². The van der Waals surface area contributed by atoms with Gasteiger partial charge in [0.1, 0.15) is 5.02 Å². The van der Waals surface area contributed by atoms with Crippen LogP contribution in [0.4, 0.5) is 11.4 Å². The summed E-state index contributed by atoms with van der Waals surface area (Å²) in [7, 11) is 0. The van der Waals surface area contributed by atoms with Crippen LogP contribution in [0.3, 0.4) is 0 Å². The van der Waals surface area contributed by atoms with Crippen LogP contribution in [0, 0.1) is 24.0 Å². The number of rotatable bonds is 3. The molecule has 0 bridgehead atoms. The molecule has 0 spiro atoms. The first-order valence-electron chi connectivity index (χ1n) is 6.22. The number of nitrogens with zero attached hydrogens (tertiary/aromatic N) is 1. The Bertz CT molecular complexity index is 729. The smallest absolute Gasteiger partial charge is 0.288 e. The van der Waals surface area contributed by atoms with Crippen molar-refractivity contribution in [1.29, 1.82) is 0 Å². The van der Waals surface area contributed by atoms with Gasteiger partial charge in [-0.2, -0.15) is 0 Å². The van der Waals surface area contributed by atoms with E-state index in [9.17, 15) is 14.9 Å². The predicted octanol–water partition coefficient (Wildman–Crippen LogP) is 4.12. The zero-order chi connectivity index (χ0) is 15.6. The highest BCUT2D eigenvalue weighted by atomic mass is 35.5. The number of nitrogens with one attached hydrogen (secondary N) is 1. The van der Waals surface area contributed by atoms with Gasteiger partial charge >= 0.3 is 0 Å². The van der Waals surface area contributed by atoms with E-state index >= 15 is 0 Å². The summed E-state index contributed by atoms with van der Waals surface area (Å²) in [5.74, 6) is -0.475. The van der Waals surface area contributed by atoms with E-state index in [-0.39, 0.29) is 16.3 Å². The van der Waals surface area contributed by atoms with Gasteiger partial charge in [-0.1, -0.05) is 29.8 Å². The number of anilines is 1. The second kappa shape index (κ2) is 5.93. The normalized spacial score (nSPS) is 10.2. The molecule has 2 aromatic carbocycles. The van der Waals surface area contributed by atoms with E-state index in [1.165, 1.54) is 18.2 Å². The molecule has 6 heteroatoms. The molecule has 0 aliphatic rings. The first-order valence-corrected chi connectivity index (χ1v) is 6.60. The van der Waals surface area contributed by atoms with Crippen molar-refractivity contribution in [3.05, 3.63) is 68.2 Å². The molecule has 0 aromatic heterocycles. The molecular weight excluding hydrogens is 292 g/mol. The fourth-order valence-corrected chi connectivity index (χ4v) is 2.19. The van der Waals surface area contributed by atoms with Crippen LogP contribution >= 0.6 is 11.6 Å². The molecule has 0 radical (unpaired) electrons. The molecule has 0 aliphatic heterocycles. The predicted molar refractivity (Wildman–Crippen MR) is 82.0 cm³/mol. The van der Waals surface area contributed by atoms with E-state index in [2.05, 4.69) is 5.32 Å². The van der Waals surface area contributed by atoms with Crippen LogP contribution in [0.1, 0.15) is 21.5 Å². The van der Waals surface area contributed by atoms with Crippen LogP contribution in [0.5, 0.6) is 0 Å². The van der Waals surface area contributed by atoms with Crippen LogP contribution in [0.2, 0.25) is 5.02 Å². The van der Waals surface area contributed by atoms with Gasteiger partial charge in [0, 0.05) is 11.8 Å². The van der Waals surface area contributed by atoms with E-state index in [1.807, 2.05) is 26.0 Å². The zero-order valence-electron chi connectivity index (χ0n) is 11.5. The Labute approximate surface area is 126 Å². The number of hydrogen-bond donors (Lipinski definition) is 1. The molecule has 0 atom stereocenters. The number of carbonyl (C=O) groups is 1. The molecule has 1 N–H and O–H groups in total. The van der Waals surface area contributed by atoms with Crippen molar-refractivity contribution in [3.8, 4) is 0 Å². The average molecular weight is 305 g/mol. The van der Waals surface area contributed by atoms with Crippen LogP contribution < -0.4 is 5.32 Å². The van der Waals surface area contributed by atoms with Gasteiger partial charge in [-0.25, -0.2) is 0 Å². The number of carbonyl (C=O) groups excluding carboxylic acids is 1. The monoisotopic (exact) mass is 304 g/mol. The van der Waals surface area contributed by atoms with E-state index in [0.717, 1.165) is 11.1 Å². The largest absolute Gasteiger partial charge is 0.322 e. The molecule has 0 unspecified atom stereocenters. The summed E-state index contributed by atoms with van der Waals surface area (Å²) in [5, 5.41) is 13.4. The maximum absolute atomic E-state index is 12.3. The van der Waals surface area contributed by atoms with Gasteiger partial charge in [0.05, 0.1) is 10.5 Å². The fourth-order valence-electron chi connectivity index (χ4n) is 1.91. The molecule has 0 heterocycles. The molecule has 0 fully saturated rings. The minimum atomic E-state index is -0.614. The number of aryl methyl sites for hydroxylation is 1. The van der Waals surface area contributed by atoms with Crippen molar-refractivity contribution in [3.63, 3.8) is 0 Å². The average Bonchev–Trinajstić information content (AvgIpc) is 2.43. The summed E-state index contributed by atoms with van der Waals surface area (Å²) in [6, 6.07) is 9.68. The highest BCUT2D eigenvalue weighted by molar-refractivity contribution is 6.36. The summed E-state index contributed by atoms with van der Waals surface area (Å²) < 4.78 is 0. The van der Waals surface area contributed by atoms with E-state index < -0.39 is 10.8 Å². The lowest BCUT2D eigenvalue weighted by Gasteiger charge is -2.11. The minimum Gasteiger partial charge on any atom is -0.322 e. The van der Waals surface area contributed by atoms with Gasteiger partial charge in [0.25, 0.3) is 11.6 Å². The fraction of sp³-hybridized carbons (Fsp3) is 0.133.